The molecule has 0 radical (unpaired) electrons. The van der Waals surface area contributed by atoms with Crippen molar-refractivity contribution >= 4 is 5.97 Å². The first-order chi connectivity index (χ1) is 10.1. The van der Waals surface area contributed by atoms with E-state index in [1.54, 1.807) is 24.3 Å². The van der Waals surface area contributed by atoms with Crippen LogP contribution >= 0.6 is 0 Å². The number of hydrogen-bond acceptors (Lipinski definition) is 4. The predicted molar refractivity (Wildman–Crippen MR) is 71.5 cm³/mol. The Balaban J connectivity index is 2.21. The molecular weight excluding hydrogens is 275 g/mol. The molecule has 1 N–H and O–H groups in total. The summed E-state index contributed by atoms with van der Waals surface area (Å²) >= 11 is 0. The number of aromatic carboxylic acids is 1. The van der Waals surface area contributed by atoms with Gasteiger partial charge in [0.25, 0.3) is 0 Å². The summed E-state index contributed by atoms with van der Waals surface area (Å²) in [7, 11) is 0. The highest BCUT2D eigenvalue weighted by Crippen LogP contribution is 2.26. The van der Waals surface area contributed by atoms with E-state index in [0.717, 1.165) is 0 Å². The number of nitrogens with zero attached hydrogens (tertiary/aromatic N) is 4. The number of carboxylic acids is 1. The molecule has 1 aromatic heterocycles. The number of hydrogen-bond donors (Lipinski definition) is 1. The van der Waals surface area contributed by atoms with Crippen molar-refractivity contribution in [2.45, 2.75) is 0 Å². The Bertz CT molecular complexity index is 802. The summed E-state index contributed by atoms with van der Waals surface area (Å²) in [5.41, 5.74) is 1.23. The first-order valence-electron chi connectivity index (χ1n) is 6.02. The van der Waals surface area contributed by atoms with Gasteiger partial charge in [-0.3, -0.25) is 0 Å². The van der Waals surface area contributed by atoms with Gasteiger partial charge in [0.15, 0.2) is 0 Å². The molecule has 0 aliphatic rings. The van der Waals surface area contributed by atoms with E-state index in [-0.39, 0.29) is 5.56 Å². The molecule has 0 bridgehead atoms. The highest BCUT2D eigenvalue weighted by atomic mass is 19.1. The van der Waals surface area contributed by atoms with Crippen LogP contribution < -0.4 is 0 Å². The number of rotatable bonds is 3. The third kappa shape index (κ3) is 2.48. The van der Waals surface area contributed by atoms with Crippen LogP contribution in [0.2, 0.25) is 0 Å². The van der Waals surface area contributed by atoms with E-state index in [9.17, 15) is 14.3 Å². The van der Waals surface area contributed by atoms with Gasteiger partial charge in [-0.2, -0.15) is 0 Å². The summed E-state index contributed by atoms with van der Waals surface area (Å²) in [5, 5.41) is 19.9. The normalized spacial score (nSPS) is 10.5. The molecule has 6 nitrogen and oxygen atoms in total. The number of aromatic nitrogens is 4. The molecule has 0 unspecified atom stereocenters. The van der Waals surface area contributed by atoms with Crippen LogP contribution in [0.15, 0.2) is 48.8 Å². The number of benzene rings is 2. The number of carbonyl (C=O) groups is 1. The second kappa shape index (κ2) is 5.12. The lowest BCUT2D eigenvalue weighted by Gasteiger charge is -2.08. The Hall–Kier alpha value is -3.09. The van der Waals surface area contributed by atoms with Crippen LogP contribution in [0.25, 0.3) is 16.8 Å². The van der Waals surface area contributed by atoms with E-state index >= 15 is 0 Å². The molecule has 0 spiro atoms. The van der Waals surface area contributed by atoms with Gasteiger partial charge in [-0.1, -0.05) is 18.2 Å². The Morgan fingerprint density at radius 3 is 2.67 bits per heavy atom. The van der Waals surface area contributed by atoms with Crippen molar-refractivity contribution in [2.24, 2.45) is 0 Å². The van der Waals surface area contributed by atoms with Crippen LogP contribution in [-0.2, 0) is 0 Å². The molecule has 0 aliphatic carbocycles. The first-order valence-corrected chi connectivity index (χ1v) is 6.02. The molecule has 2 aromatic carbocycles. The van der Waals surface area contributed by atoms with Gasteiger partial charge in [0.2, 0.25) is 0 Å². The minimum absolute atomic E-state index is 0.0289. The van der Waals surface area contributed by atoms with Crippen molar-refractivity contribution in [3.05, 3.63) is 60.2 Å². The van der Waals surface area contributed by atoms with Gasteiger partial charge >= 0.3 is 5.97 Å². The van der Waals surface area contributed by atoms with Crippen molar-refractivity contribution in [1.82, 2.24) is 20.2 Å². The first kappa shape index (κ1) is 12.9. The van der Waals surface area contributed by atoms with Gasteiger partial charge in [0.05, 0.1) is 11.3 Å². The Morgan fingerprint density at radius 2 is 2.00 bits per heavy atom. The maximum atomic E-state index is 13.9. The molecular formula is C14H9FN4O2. The van der Waals surface area contributed by atoms with Crippen LogP contribution in [0.4, 0.5) is 4.39 Å². The molecule has 0 atom stereocenters. The SMILES string of the molecule is O=C(O)c1cc(-c2ccccc2F)cc(-n2cnnn2)c1. The third-order valence-corrected chi connectivity index (χ3v) is 2.96. The molecule has 0 saturated heterocycles. The van der Waals surface area contributed by atoms with E-state index in [1.807, 2.05) is 0 Å². The quantitative estimate of drug-likeness (QED) is 0.797. The highest BCUT2D eigenvalue weighted by Gasteiger charge is 2.12. The second-order valence-electron chi connectivity index (χ2n) is 4.31. The summed E-state index contributed by atoms with van der Waals surface area (Å²) in [6, 6.07) is 10.6. The molecule has 0 saturated carbocycles. The van der Waals surface area contributed by atoms with E-state index in [0.29, 0.717) is 16.8 Å². The Morgan fingerprint density at radius 1 is 1.19 bits per heavy atom. The van der Waals surface area contributed by atoms with Crippen LogP contribution in [-0.4, -0.2) is 31.3 Å². The van der Waals surface area contributed by atoms with E-state index in [1.165, 1.54) is 29.2 Å². The summed E-state index contributed by atoms with van der Waals surface area (Å²) < 4.78 is 15.2. The molecule has 21 heavy (non-hydrogen) atoms. The Kier molecular flexibility index (Phi) is 3.15. The minimum atomic E-state index is -1.11. The lowest BCUT2D eigenvalue weighted by atomic mass is 10.0. The summed E-state index contributed by atoms with van der Waals surface area (Å²) in [4.78, 5) is 11.2. The number of tetrazole rings is 1. The number of carboxylic acid groups (broad SMARTS) is 1. The highest BCUT2D eigenvalue weighted by molar-refractivity contribution is 5.90. The molecule has 0 aliphatic heterocycles. The van der Waals surface area contributed by atoms with Crippen molar-refractivity contribution in [1.29, 1.82) is 0 Å². The average molecular weight is 284 g/mol. The van der Waals surface area contributed by atoms with E-state index in [4.69, 9.17) is 0 Å². The predicted octanol–water partition coefficient (Wildman–Crippen LogP) is 2.17. The summed E-state index contributed by atoms with van der Waals surface area (Å²) in [6.45, 7) is 0. The standard InChI is InChI=1S/C14H9FN4O2/c15-13-4-2-1-3-12(13)9-5-10(14(20)21)7-11(6-9)19-8-16-17-18-19/h1-8H,(H,20,21). The minimum Gasteiger partial charge on any atom is -0.478 e. The Labute approximate surface area is 118 Å². The van der Waals surface area contributed by atoms with E-state index in [2.05, 4.69) is 15.5 Å². The van der Waals surface area contributed by atoms with Crippen LogP contribution in [0, 0.1) is 5.82 Å². The molecule has 1 heterocycles. The lowest BCUT2D eigenvalue weighted by molar-refractivity contribution is 0.0697. The smallest absolute Gasteiger partial charge is 0.335 e. The monoisotopic (exact) mass is 284 g/mol. The van der Waals surface area contributed by atoms with Crippen molar-refractivity contribution in [3.63, 3.8) is 0 Å². The third-order valence-electron chi connectivity index (χ3n) is 2.96. The van der Waals surface area contributed by atoms with Crippen LogP contribution in [0.3, 0.4) is 0 Å². The molecule has 0 amide bonds. The zero-order chi connectivity index (χ0) is 14.8. The summed E-state index contributed by atoms with van der Waals surface area (Å²) in [6.07, 6.45) is 1.34. The van der Waals surface area contributed by atoms with Crippen molar-refractivity contribution < 1.29 is 14.3 Å². The molecule has 3 aromatic rings. The van der Waals surface area contributed by atoms with Crippen LogP contribution in [0.1, 0.15) is 10.4 Å². The average Bonchev–Trinajstić information content (AvgIpc) is 3.01. The van der Waals surface area contributed by atoms with Crippen molar-refractivity contribution in [3.8, 4) is 16.8 Å². The van der Waals surface area contributed by atoms with Gasteiger partial charge in [-0.25, -0.2) is 13.9 Å². The fourth-order valence-electron chi connectivity index (χ4n) is 2.00. The number of halogens is 1. The summed E-state index contributed by atoms with van der Waals surface area (Å²) in [5.74, 6) is -1.54. The fourth-order valence-corrected chi connectivity index (χ4v) is 2.00. The largest absolute Gasteiger partial charge is 0.478 e. The maximum absolute atomic E-state index is 13.9. The van der Waals surface area contributed by atoms with Crippen LogP contribution in [0.5, 0.6) is 0 Å². The molecule has 3 rings (SSSR count). The zero-order valence-corrected chi connectivity index (χ0v) is 10.6. The van der Waals surface area contributed by atoms with Gasteiger partial charge in [0, 0.05) is 5.56 Å². The fraction of sp³-hybridized carbons (Fsp3) is 0. The topological polar surface area (TPSA) is 80.9 Å². The zero-order valence-electron chi connectivity index (χ0n) is 10.6. The maximum Gasteiger partial charge on any atom is 0.335 e. The van der Waals surface area contributed by atoms with Crippen molar-refractivity contribution in [2.75, 3.05) is 0 Å². The lowest BCUT2D eigenvalue weighted by Crippen LogP contribution is -2.02. The van der Waals surface area contributed by atoms with E-state index < -0.39 is 11.8 Å². The second-order valence-corrected chi connectivity index (χ2v) is 4.31. The van der Waals surface area contributed by atoms with Gasteiger partial charge in [-0.15, -0.1) is 5.10 Å². The molecule has 0 fully saturated rings. The van der Waals surface area contributed by atoms with Gasteiger partial charge < -0.3 is 5.11 Å². The van der Waals surface area contributed by atoms with Gasteiger partial charge in [0.1, 0.15) is 12.1 Å². The van der Waals surface area contributed by atoms with Gasteiger partial charge in [-0.05, 0) is 40.3 Å². The molecule has 7 heteroatoms. The molecule has 104 valence electrons.